The van der Waals surface area contributed by atoms with Crippen LogP contribution in [0.4, 0.5) is 0 Å². The summed E-state index contributed by atoms with van der Waals surface area (Å²) in [5.41, 5.74) is 3.00. The quantitative estimate of drug-likeness (QED) is 0.758. The molecular formula is C23H28N2O3. The standard InChI is InChI=1S/C23H28N2O3/c1-15-6-7-17(12-16(15)2)13-25-14-23-9-8-18(28-23)19(20(23)22(25)27)21(26)24-10-4-3-5-11-24/h6-9,12,18-20H,3-5,10-11,13-14H2,1-2H3/t18-,19+,20-,23-/m0/s1. The molecule has 0 aliphatic carbocycles. The van der Waals surface area contributed by atoms with Crippen molar-refractivity contribution in [3.05, 3.63) is 47.0 Å². The van der Waals surface area contributed by atoms with Crippen LogP contribution >= 0.6 is 0 Å². The smallest absolute Gasteiger partial charge is 0.230 e. The van der Waals surface area contributed by atoms with Crippen molar-refractivity contribution in [2.45, 2.75) is 51.4 Å². The first kappa shape index (κ1) is 17.9. The van der Waals surface area contributed by atoms with Crippen molar-refractivity contribution in [3.63, 3.8) is 0 Å². The molecule has 4 aliphatic rings. The van der Waals surface area contributed by atoms with Crippen molar-refractivity contribution in [1.82, 2.24) is 9.80 Å². The predicted octanol–water partition coefficient (Wildman–Crippen LogP) is 2.60. The van der Waals surface area contributed by atoms with E-state index in [-0.39, 0.29) is 29.8 Å². The molecule has 2 bridgehead atoms. The van der Waals surface area contributed by atoms with Crippen molar-refractivity contribution >= 4 is 11.8 Å². The number of carbonyl (C=O) groups is 2. The summed E-state index contributed by atoms with van der Waals surface area (Å²) in [5, 5.41) is 0. The average Bonchev–Trinajstić information content (AvgIpc) is 3.33. The Kier molecular flexibility index (Phi) is 4.13. The summed E-state index contributed by atoms with van der Waals surface area (Å²) >= 11 is 0. The lowest BCUT2D eigenvalue weighted by Crippen LogP contribution is -2.47. The highest BCUT2D eigenvalue weighted by atomic mass is 16.5. The molecule has 1 aromatic rings. The first-order valence-electron chi connectivity index (χ1n) is 10.5. The zero-order valence-electron chi connectivity index (χ0n) is 16.7. The molecule has 5 rings (SSSR count). The number of hydrogen-bond acceptors (Lipinski definition) is 3. The molecule has 0 aromatic heterocycles. The third-order valence-electron chi connectivity index (χ3n) is 7.08. The van der Waals surface area contributed by atoms with Crippen LogP contribution in [0, 0.1) is 25.7 Å². The lowest BCUT2D eigenvalue weighted by Gasteiger charge is -2.32. The largest absolute Gasteiger partial charge is 0.360 e. The molecule has 0 N–H and O–H groups in total. The molecular weight excluding hydrogens is 352 g/mol. The monoisotopic (exact) mass is 380 g/mol. The zero-order chi connectivity index (χ0) is 19.5. The van der Waals surface area contributed by atoms with Crippen LogP contribution in [-0.4, -0.2) is 53.0 Å². The van der Waals surface area contributed by atoms with Crippen LogP contribution in [0.15, 0.2) is 30.4 Å². The molecule has 3 saturated heterocycles. The van der Waals surface area contributed by atoms with Crippen LogP contribution in [0.5, 0.6) is 0 Å². The highest BCUT2D eigenvalue weighted by Crippen LogP contribution is 2.52. The number of ether oxygens (including phenoxy) is 1. The van der Waals surface area contributed by atoms with Gasteiger partial charge in [-0.15, -0.1) is 0 Å². The van der Waals surface area contributed by atoms with Crippen molar-refractivity contribution < 1.29 is 14.3 Å². The second-order valence-corrected chi connectivity index (χ2v) is 8.90. The van der Waals surface area contributed by atoms with Gasteiger partial charge in [-0.25, -0.2) is 0 Å². The molecule has 0 unspecified atom stereocenters. The summed E-state index contributed by atoms with van der Waals surface area (Å²) in [4.78, 5) is 30.5. The normalized spacial score (nSPS) is 33.6. The van der Waals surface area contributed by atoms with Crippen LogP contribution in [-0.2, 0) is 20.9 Å². The van der Waals surface area contributed by atoms with Gasteiger partial charge in [0.2, 0.25) is 11.8 Å². The van der Waals surface area contributed by atoms with E-state index in [1.807, 2.05) is 22.0 Å². The molecule has 2 amide bonds. The topological polar surface area (TPSA) is 49.9 Å². The number of likely N-dealkylation sites (tertiary alicyclic amines) is 2. The molecule has 4 aliphatic heterocycles. The Bertz CT molecular complexity index is 857. The summed E-state index contributed by atoms with van der Waals surface area (Å²) < 4.78 is 6.27. The maximum absolute atomic E-state index is 13.4. The van der Waals surface area contributed by atoms with Crippen molar-refractivity contribution in [2.24, 2.45) is 11.8 Å². The number of amides is 2. The molecule has 5 nitrogen and oxygen atoms in total. The molecule has 5 heteroatoms. The van der Waals surface area contributed by atoms with E-state index < -0.39 is 5.60 Å². The Morgan fingerprint density at radius 3 is 2.71 bits per heavy atom. The highest BCUT2D eigenvalue weighted by Gasteiger charge is 2.67. The summed E-state index contributed by atoms with van der Waals surface area (Å²) in [7, 11) is 0. The van der Waals surface area contributed by atoms with Gasteiger partial charge in [-0.2, -0.15) is 0 Å². The number of hydrogen-bond donors (Lipinski definition) is 0. The fraction of sp³-hybridized carbons (Fsp3) is 0.565. The molecule has 3 fully saturated rings. The van der Waals surface area contributed by atoms with E-state index in [4.69, 9.17) is 4.74 Å². The first-order valence-corrected chi connectivity index (χ1v) is 10.5. The highest BCUT2D eigenvalue weighted by molar-refractivity contribution is 5.93. The van der Waals surface area contributed by atoms with E-state index >= 15 is 0 Å². The van der Waals surface area contributed by atoms with E-state index in [0.717, 1.165) is 31.5 Å². The van der Waals surface area contributed by atoms with Crippen molar-refractivity contribution in [3.8, 4) is 0 Å². The number of nitrogens with zero attached hydrogens (tertiary/aromatic N) is 2. The Balaban J connectivity index is 1.39. The summed E-state index contributed by atoms with van der Waals surface area (Å²) in [6, 6.07) is 6.35. The van der Waals surface area contributed by atoms with E-state index in [2.05, 4.69) is 32.0 Å². The van der Waals surface area contributed by atoms with E-state index in [1.54, 1.807) is 0 Å². The molecule has 4 heterocycles. The second kappa shape index (κ2) is 6.45. The lowest BCUT2D eigenvalue weighted by atomic mass is 9.76. The number of benzene rings is 1. The number of aryl methyl sites for hydroxylation is 2. The molecule has 148 valence electrons. The Labute approximate surface area is 166 Å². The van der Waals surface area contributed by atoms with Gasteiger partial charge in [-0.1, -0.05) is 30.4 Å². The third kappa shape index (κ3) is 2.63. The van der Waals surface area contributed by atoms with Crippen LogP contribution in [0.3, 0.4) is 0 Å². The van der Waals surface area contributed by atoms with Gasteiger partial charge in [0.15, 0.2) is 0 Å². The fourth-order valence-corrected chi connectivity index (χ4v) is 5.44. The van der Waals surface area contributed by atoms with E-state index in [1.165, 1.54) is 17.5 Å². The predicted molar refractivity (Wildman–Crippen MR) is 105 cm³/mol. The second-order valence-electron chi connectivity index (χ2n) is 8.90. The van der Waals surface area contributed by atoms with Gasteiger partial charge in [-0.3, -0.25) is 9.59 Å². The zero-order valence-corrected chi connectivity index (χ0v) is 16.7. The first-order chi connectivity index (χ1) is 13.5. The number of rotatable bonds is 3. The van der Waals surface area contributed by atoms with E-state index in [0.29, 0.717) is 13.1 Å². The fourth-order valence-electron chi connectivity index (χ4n) is 5.44. The van der Waals surface area contributed by atoms with Gasteiger partial charge in [0.05, 0.1) is 24.5 Å². The Morgan fingerprint density at radius 2 is 1.96 bits per heavy atom. The number of fused-ring (bicyclic) bond motifs is 1. The van der Waals surface area contributed by atoms with Crippen LogP contribution in [0.1, 0.15) is 36.0 Å². The van der Waals surface area contributed by atoms with Gasteiger partial charge in [0.25, 0.3) is 0 Å². The van der Waals surface area contributed by atoms with Crippen molar-refractivity contribution in [2.75, 3.05) is 19.6 Å². The van der Waals surface area contributed by atoms with Gasteiger partial charge >= 0.3 is 0 Å². The molecule has 1 spiro atoms. The van der Waals surface area contributed by atoms with Crippen LogP contribution in [0.2, 0.25) is 0 Å². The summed E-state index contributed by atoms with van der Waals surface area (Å²) in [6.45, 7) is 6.93. The van der Waals surface area contributed by atoms with Gasteiger partial charge in [0, 0.05) is 19.6 Å². The Morgan fingerprint density at radius 1 is 1.18 bits per heavy atom. The third-order valence-corrected chi connectivity index (χ3v) is 7.08. The van der Waals surface area contributed by atoms with Gasteiger partial charge < -0.3 is 14.5 Å². The summed E-state index contributed by atoms with van der Waals surface area (Å²) in [6.07, 6.45) is 7.11. The molecule has 0 saturated carbocycles. The summed E-state index contributed by atoms with van der Waals surface area (Å²) in [5.74, 6) is -0.549. The van der Waals surface area contributed by atoms with Crippen LogP contribution in [0.25, 0.3) is 0 Å². The maximum Gasteiger partial charge on any atom is 0.230 e. The minimum Gasteiger partial charge on any atom is -0.360 e. The maximum atomic E-state index is 13.4. The minimum absolute atomic E-state index is 0.0698. The Hall–Kier alpha value is -2.14. The van der Waals surface area contributed by atoms with Crippen molar-refractivity contribution in [1.29, 1.82) is 0 Å². The molecule has 0 radical (unpaired) electrons. The van der Waals surface area contributed by atoms with Gasteiger partial charge in [-0.05, 0) is 49.8 Å². The van der Waals surface area contributed by atoms with Crippen LogP contribution < -0.4 is 0 Å². The molecule has 4 atom stereocenters. The number of carbonyl (C=O) groups excluding carboxylic acids is 2. The van der Waals surface area contributed by atoms with E-state index in [9.17, 15) is 9.59 Å². The lowest BCUT2D eigenvalue weighted by molar-refractivity contribution is -0.144. The average molecular weight is 380 g/mol. The number of piperidine rings is 1. The molecule has 1 aromatic carbocycles. The van der Waals surface area contributed by atoms with Gasteiger partial charge in [0.1, 0.15) is 5.60 Å². The minimum atomic E-state index is -0.613. The molecule has 28 heavy (non-hydrogen) atoms. The SMILES string of the molecule is Cc1ccc(CN2C[C@]34C=C[C@H](O3)[C@@H](C(=O)N3CCCCC3)[C@H]4C2=O)cc1C.